The highest BCUT2D eigenvalue weighted by Crippen LogP contribution is 2.20. The predicted octanol–water partition coefficient (Wildman–Crippen LogP) is 3.07. The molecule has 3 N–H and O–H groups in total. The number of nitrogens with two attached hydrogens (primary N) is 1. The molecule has 3 aromatic rings. The second-order valence-electron chi connectivity index (χ2n) is 6.08. The van der Waals surface area contributed by atoms with Crippen molar-refractivity contribution >= 4 is 5.78 Å². The Bertz CT molecular complexity index is 790. The molecule has 1 heterocycles. The summed E-state index contributed by atoms with van der Waals surface area (Å²) in [6.45, 7) is 2.07. The van der Waals surface area contributed by atoms with Gasteiger partial charge in [0, 0.05) is 19.0 Å². The third-order valence-electron chi connectivity index (χ3n) is 4.11. The molecule has 0 saturated carbocycles. The van der Waals surface area contributed by atoms with E-state index in [0.29, 0.717) is 12.8 Å². The first-order chi connectivity index (χ1) is 11.6. The van der Waals surface area contributed by atoms with Crippen LogP contribution in [0.25, 0.3) is 11.1 Å². The molecular weight excluding hydrogens is 298 g/mol. The van der Waals surface area contributed by atoms with Crippen LogP contribution in [0.15, 0.2) is 61.1 Å². The molecule has 4 nitrogen and oxygen atoms in total. The second kappa shape index (κ2) is 7.23. The Morgan fingerprint density at radius 3 is 2.29 bits per heavy atom. The van der Waals surface area contributed by atoms with Crippen molar-refractivity contribution < 1.29 is 4.79 Å². The van der Waals surface area contributed by atoms with Crippen LogP contribution in [0.4, 0.5) is 0 Å². The van der Waals surface area contributed by atoms with Crippen molar-refractivity contribution in [3.05, 3.63) is 77.9 Å². The molecule has 1 atom stereocenters. The molecule has 0 saturated heterocycles. The van der Waals surface area contributed by atoms with E-state index in [-0.39, 0.29) is 5.78 Å². The largest absolute Gasteiger partial charge is 0.351 e. The molecule has 0 fully saturated rings. The van der Waals surface area contributed by atoms with Crippen molar-refractivity contribution in [3.63, 3.8) is 0 Å². The zero-order valence-corrected chi connectivity index (χ0v) is 13.7. The van der Waals surface area contributed by atoms with Crippen molar-refractivity contribution in [1.82, 2.24) is 9.97 Å². The van der Waals surface area contributed by atoms with E-state index >= 15 is 0 Å². The number of nitrogens with zero attached hydrogens (tertiary/aromatic N) is 1. The number of carbonyl (C=O) groups is 1. The van der Waals surface area contributed by atoms with Crippen LogP contribution < -0.4 is 5.73 Å². The van der Waals surface area contributed by atoms with Gasteiger partial charge in [0.25, 0.3) is 0 Å². The van der Waals surface area contributed by atoms with Gasteiger partial charge in [-0.05, 0) is 23.6 Å². The first-order valence-corrected chi connectivity index (χ1v) is 8.04. The quantitative estimate of drug-likeness (QED) is 0.733. The number of ketones is 1. The van der Waals surface area contributed by atoms with Gasteiger partial charge in [0.15, 0.2) is 5.78 Å². The van der Waals surface area contributed by atoms with Gasteiger partial charge in [0.1, 0.15) is 0 Å². The maximum atomic E-state index is 12.3. The highest BCUT2D eigenvalue weighted by molar-refractivity contribution is 5.86. The van der Waals surface area contributed by atoms with Crippen LogP contribution >= 0.6 is 0 Å². The molecule has 4 heteroatoms. The molecule has 0 spiro atoms. The fourth-order valence-corrected chi connectivity index (χ4v) is 2.64. The maximum absolute atomic E-state index is 12.3. The molecule has 0 aliphatic rings. The Morgan fingerprint density at radius 1 is 1.08 bits per heavy atom. The number of H-pyrrole nitrogens is 1. The lowest BCUT2D eigenvalue weighted by Crippen LogP contribution is -2.34. The van der Waals surface area contributed by atoms with Gasteiger partial charge < -0.3 is 10.7 Å². The van der Waals surface area contributed by atoms with Gasteiger partial charge in [-0.15, -0.1) is 0 Å². The molecule has 0 aliphatic carbocycles. The van der Waals surface area contributed by atoms with Gasteiger partial charge in [-0.3, -0.25) is 4.79 Å². The van der Waals surface area contributed by atoms with Crippen molar-refractivity contribution in [2.75, 3.05) is 0 Å². The molecule has 2 aromatic carbocycles. The van der Waals surface area contributed by atoms with E-state index in [9.17, 15) is 4.79 Å². The van der Waals surface area contributed by atoms with Crippen molar-refractivity contribution in [1.29, 1.82) is 0 Å². The minimum absolute atomic E-state index is 0.0288. The third kappa shape index (κ3) is 3.97. The van der Waals surface area contributed by atoms with Gasteiger partial charge in [-0.2, -0.15) is 0 Å². The fraction of sp³-hybridized carbons (Fsp3) is 0.200. The molecule has 0 amide bonds. The summed E-state index contributed by atoms with van der Waals surface area (Å²) in [5, 5.41) is 0. The third-order valence-corrected chi connectivity index (χ3v) is 4.11. The number of carbonyl (C=O) groups excluding carboxylic acids is 1. The molecule has 122 valence electrons. The Hall–Kier alpha value is -2.72. The molecule has 0 bridgehead atoms. The smallest absolute Gasteiger partial charge is 0.154 e. The molecule has 0 radical (unpaired) electrons. The van der Waals surface area contributed by atoms with E-state index in [4.69, 9.17) is 5.73 Å². The Kier molecular flexibility index (Phi) is 4.87. The number of nitrogens with one attached hydrogen (secondary N) is 1. The summed E-state index contributed by atoms with van der Waals surface area (Å²) in [6.07, 6.45) is 4.17. The van der Waals surface area contributed by atoms with E-state index in [1.54, 1.807) is 12.5 Å². The van der Waals surface area contributed by atoms with Crippen LogP contribution in [-0.4, -0.2) is 21.8 Å². The van der Waals surface area contributed by atoms with Gasteiger partial charge in [-0.25, -0.2) is 4.98 Å². The Morgan fingerprint density at radius 2 is 1.71 bits per heavy atom. The number of hydrogen-bond donors (Lipinski definition) is 2. The summed E-state index contributed by atoms with van der Waals surface area (Å²) < 4.78 is 0. The van der Waals surface area contributed by atoms with Crippen LogP contribution in [0.2, 0.25) is 0 Å². The van der Waals surface area contributed by atoms with Crippen LogP contribution in [0.1, 0.15) is 16.8 Å². The van der Waals surface area contributed by atoms with E-state index in [1.165, 1.54) is 11.1 Å². The van der Waals surface area contributed by atoms with Crippen LogP contribution in [0.3, 0.4) is 0 Å². The number of aromatic nitrogens is 2. The highest BCUT2D eigenvalue weighted by Gasteiger charge is 2.15. The van der Waals surface area contributed by atoms with E-state index < -0.39 is 6.04 Å². The topological polar surface area (TPSA) is 71.8 Å². The SMILES string of the molecule is Cc1ccc(-c2ccc(CC(=O)C(N)Cc3c[nH]cn3)cc2)cc1. The minimum atomic E-state index is -0.523. The van der Waals surface area contributed by atoms with Gasteiger partial charge in [0.2, 0.25) is 0 Å². The van der Waals surface area contributed by atoms with E-state index in [2.05, 4.69) is 41.2 Å². The molecule has 0 aliphatic heterocycles. The zero-order chi connectivity index (χ0) is 16.9. The van der Waals surface area contributed by atoms with Crippen LogP contribution in [0, 0.1) is 6.92 Å². The normalized spacial score (nSPS) is 12.1. The molecule has 3 rings (SSSR count). The number of rotatable bonds is 6. The molecular formula is C20H21N3O. The maximum Gasteiger partial charge on any atom is 0.154 e. The monoisotopic (exact) mass is 319 g/mol. The molecule has 1 aromatic heterocycles. The minimum Gasteiger partial charge on any atom is -0.351 e. The number of benzene rings is 2. The number of Topliss-reactive ketones (excluding diaryl/α,β-unsaturated/α-hetero) is 1. The summed E-state index contributed by atoms with van der Waals surface area (Å²) in [5.74, 6) is 0.0288. The van der Waals surface area contributed by atoms with Gasteiger partial charge in [0.05, 0.1) is 18.1 Å². The summed E-state index contributed by atoms with van der Waals surface area (Å²) in [6, 6.07) is 16.0. The summed E-state index contributed by atoms with van der Waals surface area (Å²) in [5.41, 5.74) is 11.3. The van der Waals surface area contributed by atoms with Crippen LogP contribution in [0.5, 0.6) is 0 Å². The first-order valence-electron chi connectivity index (χ1n) is 8.04. The fourth-order valence-electron chi connectivity index (χ4n) is 2.64. The standard InChI is InChI=1S/C20H21N3O/c1-14-2-6-16(7-3-14)17-8-4-15(5-9-17)10-20(24)19(21)11-18-12-22-13-23-18/h2-9,12-13,19H,10-11,21H2,1H3,(H,22,23). The van der Waals surface area contributed by atoms with Crippen LogP contribution in [-0.2, 0) is 17.6 Å². The zero-order valence-electron chi connectivity index (χ0n) is 13.7. The molecule has 24 heavy (non-hydrogen) atoms. The lowest BCUT2D eigenvalue weighted by atomic mass is 9.98. The Labute approximate surface area is 141 Å². The first kappa shape index (κ1) is 16.1. The highest BCUT2D eigenvalue weighted by atomic mass is 16.1. The van der Waals surface area contributed by atoms with Crippen molar-refractivity contribution in [2.45, 2.75) is 25.8 Å². The number of imidazole rings is 1. The van der Waals surface area contributed by atoms with Gasteiger partial charge >= 0.3 is 0 Å². The molecule has 1 unspecified atom stereocenters. The summed E-state index contributed by atoms with van der Waals surface area (Å²) in [4.78, 5) is 19.2. The van der Waals surface area contributed by atoms with Gasteiger partial charge in [-0.1, -0.05) is 54.1 Å². The number of aryl methyl sites for hydroxylation is 1. The van der Waals surface area contributed by atoms with Crippen molar-refractivity contribution in [3.8, 4) is 11.1 Å². The second-order valence-corrected chi connectivity index (χ2v) is 6.08. The lowest BCUT2D eigenvalue weighted by molar-refractivity contribution is -0.119. The van der Waals surface area contributed by atoms with E-state index in [1.807, 2.05) is 24.3 Å². The summed E-state index contributed by atoms with van der Waals surface area (Å²) >= 11 is 0. The number of hydrogen-bond acceptors (Lipinski definition) is 3. The van der Waals surface area contributed by atoms with E-state index in [0.717, 1.165) is 16.8 Å². The van der Waals surface area contributed by atoms with Crippen molar-refractivity contribution in [2.24, 2.45) is 5.73 Å². The Balaban J connectivity index is 1.63. The average molecular weight is 319 g/mol. The summed E-state index contributed by atoms with van der Waals surface area (Å²) in [7, 11) is 0. The predicted molar refractivity (Wildman–Crippen MR) is 95.6 cm³/mol. The number of aromatic amines is 1. The lowest BCUT2D eigenvalue weighted by Gasteiger charge is -2.10. The average Bonchev–Trinajstić information content (AvgIpc) is 3.09.